The fourth-order valence-electron chi connectivity index (χ4n) is 2.68. The minimum atomic E-state index is 0.357. The summed E-state index contributed by atoms with van der Waals surface area (Å²) in [6.45, 7) is 8.87. The van der Waals surface area contributed by atoms with Gasteiger partial charge in [0.05, 0.1) is 5.39 Å². The first-order valence-electron chi connectivity index (χ1n) is 6.79. The maximum absolute atomic E-state index is 5.87. The molecule has 0 amide bonds. The number of aryl methyl sites for hydroxylation is 1. The van der Waals surface area contributed by atoms with Gasteiger partial charge in [-0.2, -0.15) is 4.98 Å². The van der Waals surface area contributed by atoms with Crippen LogP contribution in [0.1, 0.15) is 32.1 Å². The third kappa shape index (κ3) is 2.27. The summed E-state index contributed by atoms with van der Waals surface area (Å²) in [6.07, 6.45) is 2.23. The molecule has 0 atom stereocenters. The third-order valence-corrected chi connectivity index (χ3v) is 4.94. The highest BCUT2D eigenvalue weighted by Gasteiger charge is 2.31. The Morgan fingerprint density at radius 3 is 2.84 bits per heavy atom. The molecule has 102 valence electrons. The molecule has 0 aliphatic carbocycles. The number of anilines is 2. The molecule has 4 nitrogen and oxygen atoms in total. The molecule has 2 N–H and O–H groups in total. The van der Waals surface area contributed by atoms with Crippen LogP contribution in [0.15, 0.2) is 6.07 Å². The molecule has 0 aromatic carbocycles. The quantitative estimate of drug-likeness (QED) is 0.916. The molecule has 1 aliphatic rings. The van der Waals surface area contributed by atoms with E-state index in [4.69, 9.17) is 5.73 Å². The standard InChI is InChI=1S/C14H20N4S/c1-4-9-7-10-11(16-13(15)17-12(10)19-9)18-6-5-14(2,3)8-18/h7H,4-6,8H2,1-3H3,(H2,15,16,17). The first-order valence-corrected chi connectivity index (χ1v) is 7.61. The number of nitrogen functional groups attached to an aromatic ring is 1. The van der Waals surface area contributed by atoms with Crippen molar-refractivity contribution in [1.82, 2.24) is 9.97 Å². The molecule has 0 spiro atoms. The van der Waals surface area contributed by atoms with Crippen molar-refractivity contribution in [1.29, 1.82) is 0 Å². The van der Waals surface area contributed by atoms with Gasteiger partial charge < -0.3 is 10.6 Å². The van der Waals surface area contributed by atoms with Crippen molar-refractivity contribution in [3.63, 3.8) is 0 Å². The molecule has 0 saturated carbocycles. The maximum atomic E-state index is 5.87. The van der Waals surface area contributed by atoms with Crippen LogP contribution in [-0.4, -0.2) is 23.1 Å². The Hall–Kier alpha value is -1.36. The Labute approximate surface area is 117 Å². The molecule has 0 bridgehead atoms. The fourth-order valence-corrected chi connectivity index (χ4v) is 3.65. The lowest BCUT2D eigenvalue weighted by Crippen LogP contribution is -2.24. The molecule has 3 heterocycles. The lowest BCUT2D eigenvalue weighted by molar-refractivity contribution is 0.418. The number of aromatic nitrogens is 2. The first-order chi connectivity index (χ1) is 8.98. The summed E-state index contributed by atoms with van der Waals surface area (Å²) in [7, 11) is 0. The van der Waals surface area contributed by atoms with Crippen molar-refractivity contribution >= 4 is 33.3 Å². The lowest BCUT2D eigenvalue weighted by Gasteiger charge is -2.21. The SMILES string of the molecule is CCc1cc2c(N3CCC(C)(C)C3)nc(N)nc2s1. The molecular weight excluding hydrogens is 256 g/mol. The third-order valence-electron chi connectivity index (χ3n) is 3.77. The van der Waals surface area contributed by atoms with E-state index in [1.54, 1.807) is 11.3 Å². The minimum Gasteiger partial charge on any atom is -0.368 e. The van der Waals surface area contributed by atoms with Crippen molar-refractivity contribution in [2.75, 3.05) is 23.7 Å². The zero-order chi connectivity index (χ0) is 13.6. The van der Waals surface area contributed by atoms with Crippen LogP contribution in [0.25, 0.3) is 10.2 Å². The summed E-state index contributed by atoms with van der Waals surface area (Å²) in [6, 6.07) is 2.22. The summed E-state index contributed by atoms with van der Waals surface area (Å²) in [5.74, 6) is 1.40. The van der Waals surface area contributed by atoms with Crippen LogP contribution in [0.2, 0.25) is 0 Å². The lowest BCUT2D eigenvalue weighted by atomic mass is 9.93. The average Bonchev–Trinajstić information content (AvgIpc) is 2.90. The van der Waals surface area contributed by atoms with Crippen LogP contribution in [0.3, 0.4) is 0 Å². The summed E-state index contributed by atoms with van der Waals surface area (Å²) < 4.78 is 0. The van der Waals surface area contributed by atoms with Gasteiger partial charge in [0.2, 0.25) is 5.95 Å². The summed E-state index contributed by atoms with van der Waals surface area (Å²) >= 11 is 1.73. The molecule has 2 aromatic rings. The topological polar surface area (TPSA) is 55.0 Å². The Bertz CT molecular complexity index is 617. The van der Waals surface area contributed by atoms with Gasteiger partial charge in [-0.1, -0.05) is 20.8 Å². The van der Waals surface area contributed by atoms with Crippen LogP contribution in [-0.2, 0) is 6.42 Å². The highest BCUT2D eigenvalue weighted by Crippen LogP contribution is 2.37. The van der Waals surface area contributed by atoms with Gasteiger partial charge >= 0.3 is 0 Å². The number of nitrogens with two attached hydrogens (primary N) is 1. The Kier molecular flexibility index (Phi) is 2.89. The summed E-state index contributed by atoms with van der Waals surface area (Å²) in [4.78, 5) is 13.6. The predicted octanol–water partition coefficient (Wildman–Crippen LogP) is 3.07. The van der Waals surface area contributed by atoms with Crippen LogP contribution in [0, 0.1) is 5.41 Å². The molecule has 19 heavy (non-hydrogen) atoms. The summed E-state index contributed by atoms with van der Waals surface area (Å²) in [5.41, 5.74) is 6.23. The Balaban J connectivity index is 2.09. The number of nitrogens with zero attached hydrogens (tertiary/aromatic N) is 3. The second kappa shape index (κ2) is 4.34. The monoisotopic (exact) mass is 276 g/mol. The van der Waals surface area contributed by atoms with Gasteiger partial charge in [-0.15, -0.1) is 11.3 Å². The molecule has 1 fully saturated rings. The van der Waals surface area contributed by atoms with Crippen molar-refractivity contribution in [2.24, 2.45) is 5.41 Å². The van der Waals surface area contributed by atoms with E-state index in [1.807, 2.05) is 0 Å². The van der Waals surface area contributed by atoms with Gasteiger partial charge in [0, 0.05) is 18.0 Å². The second-order valence-electron chi connectivity index (χ2n) is 6.03. The van der Waals surface area contributed by atoms with Gasteiger partial charge in [0.15, 0.2) is 0 Å². The molecule has 3 rings (SSSR count). The van der Waals surface area contributed by atoms with Crippen LogP contribution in [0.4, 0.5) is 11.8 Å². The van der Waals surface area contributed by atoms with Gasteiger partial charge in [-0.05, 0) is 24.3 Å². The Morgan fingerprint density at radius 2 is 2.21 bits per heavy atom. The van der Waals surface area contributed by atoms with Gasteiger partial charge in [-0.3, -0.25) is 0 Å². The summed E-state index contributed by atoms with van der Waals surface area (Å²) in [5, 5.41) is 1.16. The second-order valence-corrected chi connectivity index (χ2v) is 7.14. The Morgan fingerprint density at radius 1 is 1.42 bits per heavy atom. The molecule has 5 heteroatoms. The van der Waals surface area contributed by atoms with Crippen LogP contribution >= 0.6 is 11.3 Å². The zero-order valence-electron chi connectivity index (χ0n) is 11.7. The molecule has 1 aliphatic heterocycles. The van der Waals surface area contributed by atoms with Crippen LogP contribution < -0.4 is 10.6 Å². The number of thiophene rings is 1. The number of fused-ring (bicyclic) bond motifs is 1. The van der Waals surface area contributed by atoms with Gasteiger partial charge in [0.25, 0.3) is 0 Å². The smallest absolute Gasteiger partial charge is 0.223 e. The number of hydrogen-bond acceptors (Lipinski definition) is 5. The molecule has 0 unspecified atom stereocenters. The largest absolute Gasteiger partial charge is 0.368 e. The van der Waals surface area contributed by atoms with Crippen molar-refractivity contribution < 1.29 is 0 Å². The van der Waals surface area contributed by atoms with Gasteiger partial charge in [0.1, 0.15) is 10.6 Å². The number of rotatable bonds is 2. The molecular formula is C14H20N4S. The highest BCUT2D eigenvalue weighted by atomic mass is 32.1. The zero-order valence-corrected chi connectivity index (χ0v) is 12.5. The minimum absolute atomic E-state index is 0.357. The van der Waals surface area contributed by atoms with E-state index in [9.17, 15) is 0 Å². The molecule has 0 radical (unpaired) electrons. The molecule has 2 aromatic heterocycles. The average molecular weight is 276 g/mol. The van der Waals surface area contributed by atoms with Crippen molar-refractivity contribution in [2.45, 2.75) is 33.6 Å². The van der Waals surface area contributed by atoms with Crippen molar-refractivity contribution in [3.05, 3.63) is 10.9 Å². The van der Waals surface area contributed by atoms with E-state index >= 15 is 0 Å². The van der Waals surface area contributed by atoms with Crippen LogP contribution in [0.5, 0.6) is 0 Å². The molecule has 1 saturated heterocycles. The number of hydrogen-bond donors (Lipinski definition) is 1. The maximum Gasteiger partial charge on any atom is 0.223 e. The highest BCUT2D eigenvalue weighted by molar-refractivity contribution is 7.18. The fraction of sp³-hybridized carbons (Fsp3) is 0.571. The van der Waals surface area contributed by atoms with E-state index in [-0.39, 0.29) is 0 Å². The normalized spacial score (nSPS) is 18.4. The van der Waals surface area contributed by atoms with Crippen molar-refractivity contribution in [3.8, 4) is 0 Å². The van der Waals surface area contributed by atoms with E-state index in [1.165, 1.54) is 11.3 Å². The first kappa shape index (κ1) is 12.7. The van der Waals surface area contributed by atoms with E-state index in [2.05, 4.69) is 41.7 Å². The predicted molar refractivity (Wildman–Crippen MR) is 81.8 cm³/mol. The van der Waals surface area contributed by atoms with E-state index in [0.29, 0.717) is 11.4 Å². The van der Waals surface area contributed by atoms with E-state index < -0.39 is 0 Å². The van der Waals surface area contributed by atoms with Gasteiger partial charge in [-0.25, -0.2) is 4.98 Å². The van der Waals surface area contributed by atoms with E-state index in [0.717, 1.165) is 35.5 Å².